The fourth-order valence-corrected chi connectivity index (χ4v) is 2.81. The molecule has 1 N–H and O–H groups in total. The minimum absolute atomic E-state index is 0.359. The van der Waals surface area contributed by atoms with E-state index in [0.717, 1.165) is 36.1 Å². The normalized spacial score (nSPS) is 17.6. The van der Waals surface area contributed by atoms with Crippen molar-refractivity contribution in [3.63, 3.8) is 0 Å². The van der Waals surface area contributed by atoms with Crippen LogP contribution in [-0.2, 0) is 13.0 Å². The number of benzene rings is 2. The van der Waals surface area contributed by atoms with Gasteiger partial charge >= 0.3 is 0 Å². The lowest BCUT2D eigenvalue weighted by molar-refractivity contribution is 0.156. The van der Waals surface area contributed by atoms with E-state index in [1.807, 2.05) is 36.4 Å². The Kier molecular flexibility index (Phi) is 3.95. The molecule has 2 aromatic carbocycles. The van der Waals surface area contributed by atoms with Crippen molar-refractivity contribution in [1.82, 2.24) is 0 Å². The zero-order valence-corrected chi connectivity index (χ0v) is 11.9. The Morgan fingerprint density at radius 2 is 2.05 bits per heavy atom. The van der Waals surface area contributed by atoms with E-state index in [-0.39, 0.29) is 6.10 Å². The standard InChI is InChI=1S/C17H17ClO2/c18-16-6-2-1-4-13(16)11-20-14-9-8-12-5-3-7-17(19)15(12)10-14/h1-2,4,6,8-10,17,19H,3,5,7,11H2/t17-/m1/s1. The first kappa shape index (κ1) is 13.5. The monoisotopic (exact) mass is 288 g/mol. The summed E-state index contributed by atoms with van der Waals surface area (Å²) in [5, 5.41) is 10.8. The van der Waals surface area contributed by atoms with E-state index in [9.17, 15) is 5.11 Å². The van der Waals surface area contributed by atoms with Gasteiger partial charge in [-0.15, -0.1) is 0 Å². The topological polar surface area (TPSA) is 29.5 Å². The first-order valence-corrected chi connectivity index (χ1v) is 7.29. The van der Waals surface area contributed by atoms with Gasteiger partial charge in [-0.25, -0.2) is 0 Å². The Morgan fingerprint density at radius 3 is 2.90 bits per heavy atom. The van der Waals surface area contributed by atoms with E-state index < -0.39 is 0 Å². The third-order valence-corrected chi connectivity index (χ3v) is 4.12. The molecule has 0 amide bonds. The third-order valence-electron chi connectivity index (χ3n) is 3.75. The van der Waals surface area contributed by atoms with E-state index in [1.165, 1.54) is 5.56 Å². The number of aliphatic hydroxyl groups excluding tert-OH is 1. The Labute approximate surface area is 124 Å². The van der Waals surface area contributed by atoms with Crippen molar-refractivity contribution in [3.05, 3.63) is 64.2 Å². The van der Waals surface area contributed by atoms with E-state index in [0.29, 0.717) is 11.6 Å². The highest BCUT2D eigenvalue weighted by atomic mass is 35.5. The molecule has 3 rings (SSSR count). The van der Waals surface area contributed by atoms with E-state index in [4.69, 9.17) is 16.3 Å². The SMILES string of the molecule is O[C@@H]1CCCc2ccc(OCc3ccccc3Cl)cc21. The maximum atomic E-state index is 10.0. The van der Waals surface area contributed by atoms with Gasteiger partial charge in [0.05, 0.1) is 6.10 Å². The van der Waals surface area contributed by atoms with Gasteiger partial charge in [-0.2, -0.15) is 0 Å². The van der Waals surface area contributed by atoms with Gasteiger partial charge in [-0.1, -0.05) is 35.9 Å². The molecule has 0 aliphatic heterocycles. The molecule has 0 fully saturated rings. The van der Waals surface area contributed by atoms with Gasteiger partial charge in [0.15, 0.2) is 0 Å². The Morgan fingerprint density at radius 1 is 1.20 bits per heavy atom. The zero-order chi connectivity index (χ0) is 13.9. The molecule has 20 heavy (non-hydrogen) atoms. The highest BCUT2D eigenvalue weighted by Gasteiger charge is 2.18. The molecule has 0 aromatic heterocycles. The highest BCUT2D eigenvalue weighted by molar-refractivity contribution is 6.31. The number of fused-ring (bicyclic) bond motifs is 1. The molecule has 0 heterocycles. The summed E-state index contributed by atoms with van der Waals surface area (Å²) in [6.45, 7) is 0.439. The molecule has 0 radical (unpaired) electrons. The van der Waals surface area contributed by atoms with Crippen molar-refractivity contribution in [2.75, 3.05) is 0 Å². The van der Waals surface area contributed by atoms with Gasteiger partial charge in [0.25, 0.3) is 0 Å². The smallest absolute Gasteiger partial charge is 0.120 e. The predicted octanol–water partition coefficient (Wildman–Crippen LogP) is 4.29. The largest absolute Gasteiger partial charge is 0.489 e. The summed E-state index contributed by atoms with van der Waals surface area (Å²) < 4.78 is 5.79. The summed E-state index contributed by atoms with van der Waals surface area (Å²) in [7, 11) is 0. The highest BCUT2D eigenvalue weighted by Crippen LogP contribution is 2.32. The quantitative estimate of drug-likeness (QED) is 0.913. The summed E-state index contributed by atoms with van der Waals surface area (Å²) >= 11 is 6.11. The van der Waals surface area contributed by atoms with Crippen molar-refractivity contribution < 1.29 is 9.84 Å². The van der Waals surface area contributed by atoms with Crippen LogP contribution in [0.5, 0.6) is 5.75 Å². The average molecular weight is 289 g/mol. The number of aryl methyl sites for hydroxylation is 1. The minimum atomic E-state index is -0.359. The Balaban J connectivity index is 1.75. The summed E-state index contributed by atoms with van der Waals surface area (Å²) in [6, 6.07) is 13.6. The number of hydrogen-bond acceptors (Lipinski definition) is 2. The lowest BCUT2D eigenvalue weighted by Gasteiger charge is -2.22. The van der Waals surface area contributed by atoms with Crippen molar-refractivity contribution in [3.8, 4) is 5.75 Å². The molecule has 2 aromatic rings. The first-order valence-electron chi connectivity index (χ1n) is 6.91. The second-order valence-corrected chi connectivity index (χ2v) is 5.56. The third kappa shape index (κ3) is 2.82. The lowest BCUT2D eigenvalue weighted by Crippen LogP contribution is -2.09. The van der Waals surface area contributed by atoms with Gasteiger partial charge in [0.1, 0.15) is 12.4 Å². The van der Waals surface area contributed by atoms with Crippen LogP contribution >= 0.6 is 11.6 Å². The summed E-state index contributed by atoms with van der Waals surface area (Å²) in [4.78, 5) is 0. The first-order chi connectivity index (χ1) is 9.74. The van der Waals surface area contributed by atoms with Gasteiger partial charge in [0, 0.05) is 10.6 Å². The Hall–Kier alpha value is -1.51. The number of hydrogen-bond donors (Lipinski definition) is 1. The van der Waals surface area contributed by atoms with Crippen LogP contribution < -0.4 is 4.74 Å². The van der Waals surface area contributed by atoms with Crippen LogP contribution in [0.4, 0.5) is 0 Å². The molecule has 0 bridgehead atoms. The maximum absolute atomic E-state index is 10.0. The van der Waals surface area contributed by atoms with Crippen LogP contribution in [0.25, 0.3) is 0 Å². The molecule has 104 valence electrons. The number of halogens is 1. The average Bonchev–Trinajstić information content (AvgIpc) is 2.47. The zero-order valence-electron chi connectivity index (χ0n) is 11.2. The second-order valence-electron chi connectivity index (χ2n) is 5.15. The van der Waals surface area contributed by atoms with Gasteiger partial charge in [-0.3, -0.25) is 0 Å². The molecular formula is C17H17ClO2. The number of ether oxygens (including phenoxy) is 1. The van der Waals surface area contributed by atoms with E-state index >= 15 is 0 Å². The molecular weight excluding hydrogens is 272 g/mol. The van der Waals surface area contributed by atoms with E-state index in [1.54, 1.807) is 0 Å². The molecule has 0 saturated carbocycles. The Bertz CT molecular complexity index is 610. The number of aliphatic hydroxyl groups is 1. The van der Waals surface area contributed by atoms with Crippen LogP contribution in [0, 0.1) is 0 Å². The fourth-order valence-electron chi connectivity index (χ4n) is 2.62. The molecule has 1 atom stereocenters. The van der Waals surface area contributed by atoms with Crippen LogP contribution in [0.15, 0.2) is 42.5 Å². The van der Waals surface area contributed by atoms with Gasteiger partial charge < -0.3 is 9.84 Å². The molecule has 0 saturated heterocycles. The minimum Gasteiger partial charge on any atom is -0.489 e. The van der Waals surface area contributed by atoms with Crippen molar-refractivity contribution in [1.29, 1.82) is 0 Å². The van der Waals surface area contributed by atoms with Crippen LogP contribution in [0.3, 0.4) is 0 Å². The molecule has 3 heteroatoms. The fraction of sp³-hybridized carbons (Fsp3) is 0.294. The molecule has 1 aliphatic rings. The van der Waals surface area contributed by atoms with E-state index in [2.05, 4.69) is 6.07 Å². The van der Waals surface area contributed by atoms with Crippen LogP contribution in [0.2, 0.25) is 5.02 Å². The molecule has 2 nitrogen and oxygen atoms in total. The van der Waals surface area contributed by atoms with Crippen molar-refractivity contribution in [2.45, 2.75) is 32.0 Å². The van der Waals surface area contributed by atoms with Gasteiger partial charge in [-0.05, 0) is 48.6 Å². The maximum Gasteiger partial charge on any atom is 0.120 e. The van der Waals surface area contributed by atoms with Crippen molar-refractivity contribution >= 4 is 11.6 Å². The summed E-state index contributed by atoms with van der Waals surface area (Å²) in [5.74, 6) is 0.782. The van der Waals surface area contributed by atoms with Crippen LogP contribution in [-0.4, -0.2) is 5.11 Å². The summed E-state index contributed by atoms with van der Waals surface area (Å²) in [5.41, 5.74) is 3.20. The number of rotatable bonds is 3. The molecule has 0 unspecified atom stereocenters. The second kappa shape index (κ2) is 5.86. The summed E-state index contributed by atoms with van der Waals surface area (Å²) in [6.07, 6.45) is 2.56. The van der Waals surface area contributed by atoms with Gasteiger partial charge in [0.2, 0.25) is 0 Å². The predicted molar refractivity (Wildman–Crippen MR) is 80.1 cm³/mol. The van der Waals surface area contributed by atoms with Crippen molar-refractivity contribution in [2.24, 2.45) is 0 Å². The lowest BCUT2D eigenvalue weighted by atomic mass is 9.89. The van der Waals surface area contributed by atoms with Crippen LogP contribution in [0.1, 0.15) is 35.6 Å². The molecule has 0 spiro atoms. The molecule has 1 aliphatic carbocycles.